The van der Waals surface area contributed by atoms with E-state index in [4.69, 9.17) is 11.6 Å². The van der Waals surface area contributed by atoms with E-state index in [9.17, 15) is 9.59 Å². The maximum Gasteiger partial charge on any atom is 0.248 e. The van der Waals surface area contributed by atoms with Crippen molar-refractivity contribution in [2.45, 2.75) is 58.2 Å². The van der Waals surface area contributed by atoms with Gasteiger partial charge in [-0.25, -0.2) is 4.98 Å². The molecule has 0 bridgehead atoms. The van der Waals surface area contributed by atoms with Crippen molar-refractivity contribution in [1.29, 1.82) is 0 Å². The molecule has 0 radical (unpaired) electrons. The van der Waals surface area contributed by atoms with Gasteiger partial charge in [0.25, 0.3) is 0 Å². The van der Waals surface area contributed by atoms with Crippen LogP contribution in [0.3, 0.4) is 0 Å². The molecule has 0 unspecified atom stereocenters. The van der Waals surface area contributed by atoms with Crippen LogP contribution in [0, 0.1) is 13.8 Å². The van der Waals surface area contributed by atoms with Crippen molar-refractivity contribution in [3.05, 3.63) is 58.2 Å². The van der Waals surface area contributed by atoms with Crippen LogP contribution in [0.2, 0.25) is 5.02 Å². The molecule has 1 aromatic carbocycles. The Balaban J connectivity index is 1.36. The minimum atomic E-state index is -0.412. The van der Waals surface area contributed by atoms with Gasteiger partial charge in [-0.15, -0.1) is 0 Å². The van der Waals surface area contributed by atoms with E-state index >= 15 is 0 Å². The molecule has 2 aliphatic heterocycles. The van der Waals surface area contributed by atoms with Crippen LogP contribution in [-0.2, 0) is 16.1 Å². The smallest absolute Gasteiger partial charge is 0.248 e. The Morgan fingerprint density at radius 2 is 1.94 bits per heavy atom. The summed E-state index contributed by atoms with van der Waals surface area (Å²) in [6, 6.07) is 9.60. The zero-order valence-electron chi connectivity index (χ0n) is 18.1. The number of aryl methyl sites for hydroxylation is 2. The van der Waals surface area contributed by atoms with E-state index in [0.717, 1.165) is 48.6 Å². The van der Waals surface area contributed by atoms with Crippen LogP contribution >= 0.6 is 11.6 Å². The number of hydrogen-bond acceptors (Lipinski definition) is 4. The second-order valence-corrected chi connectivity index (χ2v) is 9.06. The van der Waals surface area contributed by atoms with Gasteiger partial charge in [-0.3, -0.25) is 14.5 Å². The van der Waals surface area contributed by atoms with Gasteiger partial charge in [-0.1, -0.05) is 23.7 Å². The number of likely N-dealkylation sites (tertiary alicyclic amines) is 2. The van der Waals surface area contributed by atoms with E-state index < -0.39 is 6.04 Å². The monoisotopic (exact) mass is 440 g/mol. The number of carbonyl (C=O) groups is 2. The van der Waals surface area contributed by atoms with Crippen LogP contribution < -0.4 is 5.32 Å². The number of benzene rings is 1. The Hall–Kier alpha value is -2.44. The van der Waals surface area contributed by atoms with Gasteiger partial charge in [0, 0.05) is 43.3 Å². The Labute approximate surface area is 188 Å². The summed E-state index contributed by atoms with van der Waals surface area (Å²) in [5, 5.41) is 3.69. The summed E-state index contributed by atoms with van der Waals surface area (Å²) in [7, 11) is 0. The number of anilines is 1. The lowest BCUT2D eigenvalue weighted by atomic mass is 10.0. The number of rotatable bonds is 5. The summed E-state index contributed by atoms with van der Waals surface area (Å²) in [6.45, 7) is 6.67. The number of carbonyl (C=O) groups excluding carboxylic acids is 2. The van der Waals surface area contributed by atoms with Crippen molar-refractivity contribution in [2.24, 2.45) is 0 Å². The van der Waals surface area contributed by atoms with Gasteiger partial charge >= 0.3 is 0 Å². The lowest BCUT2D eigenvalue weighted by Crippen LogP contribution is -2.51. The molecule has 7 heteroatoms. The second kappa shape index (κ2) is 9.37. The van der Waals surface area contributed by atoms with Crippen molar-refractivity contribution in [3.63, 3.8) is 0 Å². The summed E-state index contributed by atoms with van der Waals surface area (Å²) in [5.74, 6) is 0.490. The third-order valence-corrected chi connectivity index (χ3v) is 6.73. The number of aromatic nitrogens is 1. The molecule has 2 aliphatic rings. The summed E-state index contributed by atoms with van der Waals surface area (Å²) in [5.41, 5.74) is 3.38. The molecule has 2 fully saturated rings. The molecule has 31 heavy (non-hydrogen) atoms. The van der Waals surface area contributed by atoms with Crippen molar-refractivity contribution in [2.75, 3.05) is 18.4 Å². The molecule has 2 saturated heterocycles. The van der Waals surface area contributed by atoms with E-state index in [1.807, 2.05) is 36.9 Å². The van der Waals surface area contributed by atoms with Gasteiger partial charge in [0.2, 0.25) is 11.8 Å². The Morgan fingerprint density at radius 1 is 1.16 bits per heavy atom. The topological polar surface area (TPSA) is 65.5 Å². The molecule has 6 nitrogen and oxygen atoms in total. The van der Waals surface area contributed by atoms with Crippen molar-refractivity contribution in [3.8, 4) is 0 Å². The maximum absolute atomic E-state index is 12.9. The minimum Gasteiger partial charge on any atom is -0.328 e. The highest BCUT2D eigenvalue weighted by molar-refractivity contribution is 6.31. The third kappa shape index (κ3) is 5.08. The maximum atomic E-state index is 12.9. The normalized spacial score (nSPS) is 20.3. The first kappa shape index (κ1) is 21.8. The molecule has 2 aromatic rings. The molecule has 3 heterocycles. The first-order valence-electron chi connectivity index (χ1n) is 10.9. The molecular formula is C24H29ClN4O2. The Kier molecular flexibility index (Phi) is 6.58. The molecular weight excluding hydrogens is 412 g/mol. The van der Waals surface area contributed by atoms with Crippen molar-refractivity contribution >= 4 is 29.2 Å². The zero-order chi connectivity index (χ0) is 22.0. The largest absolute Gasteiger partial charge is 0.328 e. The SMILES string of the molecule is Cc1ccnc(NC(=O)[C@H]2CCC(=O)N2C2CCN(Cc3ccc(Cl)c(C)c3)CC2)c1. The summed E-state index contributed by atoms with van der Waals surface area (Å²) in [6.07, 6.45) is 4.44. The van der Waals surface area contributed by atoms with Crippen LogP contribution in [0.5, 0.6) is 0 Å². The van der Waals surface area contributed by atoms with Gasteiger partial charge in [-0.05, 0) is 68.0 Å². The summed E-state index contributed by atoms with van der Waals surface area (Å²) < 4.78 is 0. The second-order valence-electron chi connectivity index (χ2n) is 8.65. The molecule has 2 amide bonds. The van der Waals surface area contributed by atoms with Crippen molar-refractivity contribution < 1.29 is 9.59 Å². The van der Waals surface area contributed by atoms with Crippen LogP contribution in [0.4, 0.5) is 5.82 Å². The summed E-state index contributed by atoms with van der Waals surface area (Å²) in [4.78, 5) is 34.0. The highest BCUT2D eigenvalue weighted by atomic mass is 35.5. The van der Waals surface area contributed by atoms with E-state index in [2.05, 4.69) is 27.3 Å². The molecule has 1 N–H and O–H groups in total. The highest BCUT2D eigenvalue weighted by Crippen LogP contribution is 2.29. The zero-order valence-corrected chi connectivity index (χ0v) is 18.9. The average Bonchev–Trinajstić information content (AvgIpc) is 3.13. The van der Waals surface area contributed by atoms with Crippen LogP contribution in [-0.4, -0.2) is 51.8 Å². The number of pyridine rings is 1. The fraction of sp³-hybridized carbons (Fsp3) is 0.458. The van der Waals surface area contributed by atoms with Crippen LogP contribution in [0.1, 0.15) is 42.4 Å². The lowest BCUT2D eigenvalue weighted by molar-refractivity contribution is -0.136. The third-order valence-electron chi connectivity index (χ3n) is 6.30. The number of nitrogens with zero attached hydrogens (tertiary/aromatic N) is 3. The van der Waals surface area contributed by atoms with Gasteiger partial charge in [0.1, 0.15) is 11.9 Å². The predicted octanol–water partition coefficient (Wildman–Crippen LogP) is 3.95. The number of halogens is 1. The first-order chi connectivity index (χ1) is 14.9. The molecule has 0 saturated carbocycles. The fourth-order valence-corrected chi connectivity index (χ4v) is 4.77. The van der Waals surface area contributed by atoms with Gasteiger partial charge in [0.05, 0.1) is 0 Å². The number of piperidine rings is 1. The lowest BCUT2D eigenvalue weighted by Gasteiger charge is -2.39. The van der Waals surface area contributed by atoms with Gasteiger partial charge in [-0.2, -0.15) is 0 Å². The van der Waals surface area contributed by atoms with E-state index in [-0.39, 0.29) is 17.9 Å². The first-order valence-corrected chi connectivity index (χ1v) is 11.3. The van der Waals surface area contributed by atoms with Gasteiger partial charge in [0.15, 0.2) is 0 Å². The van der Waals surface area contributed by atoms with Gasteiger partial charge < -0.3 is 10.2 Å². The molecule has 4 rings (SSSR count). The number of nitrogens with one attached hydrogen (secondary N) is 1. The quantitative estimate of drug-likeness (QED) is 0.764. The molecule has 164 valence electrons. The summed E-state index contributed by atoms with van der Waals surface area (Å²) >= 11 is 6.14. The average molecular weight is 441 g/mol. The van der Waals surface area contributed by atoms with Crippen LogP contribution in [0.25, 0.3) is 0 Å². The molecule has 1 atom stereocenters. The Morgan fingerprint density at radius 3 is 2.65 bits per heavy atom. The number of hydrogen-bond donors (Lipinski definition) is 1. The predicted molar refractivity (Wildman–Crippen MR) is 122 cm³/mol. The van der Waals surface area contributed by atoms with E-state index in [0.29, 0.717) is 18.7 Å². The van der Waals surface area contributed by atoms with E-state index in [1.54, 1.807) is 6.20 Å². The molecule has 0 spiro atoms. The Bertz CT molecular complexity index is 972. The van der Waals surface area contributed by atoms with Crippen molar-refractivity contribution in [1.82, 2.24) is 14.8 Å². The molecule has 0 aliphatic carbocycles. The minimum absolute atomic E-state index is 0.0872. The standard InChI is InChI=1S/C24H29ClN4O2/c1-16-7-10-26-22(13-16)27-24(31)21-5-6-23(30)29(21)19-8-11-28(12-9-19)15-18-3-4-20(25)17(2)14-18/h3-4,7,10,13-14,19,21H,5-6,8-9,11-12,15H2,1-2H3,(H,26,27,31)/t21-/m1/s1. The highest BCUT2D eigenvalue weighted by Gasteiger charge is 2.41. The molecule has 1 aromatic heterocycles. The van der Waals surface area contributed by atoms with E-state index in [1.165, 1.54) is 5.56 Å². The van der Waals surface area contributed by atoms with Crippen LogP contribution in [0.15, 0.2) is 36.5 Å². The fourth-order valence-electron chi connectivity index (χ4n) is 4.65. The number of amides is 2.